The predicted octanol–water partition coefficient (Wildman–Crippen LogP) is 2.13. The lowest BCUT2D eigenvalue weighted by atomic mass is 10.2. The molecule has 0 amide bonds. The predicted molar refractivity (Wildman–Crippen MR) is 47.9 cm³/mol. The molecule has 0 bridgehead atoms. The molecule has 0 aliphatic rings. The summed E-state index contributed by atoms with van der Waals surface area (Å²) in [6.45, 7) is 0. The average molecular weight is 180 g/mol. The molecule has 12 heavy (non-hydrogen) atoms. The molecule has 1 heterocycles. The third kappa shape index (κ3) is 1.01. The number of fused-ring (bicyclic) bond motifs is 1. The van der Waals surface area contributed by atoms with Crippen LogP contribution in [0.4, 0.5) is 0 Å². The molecule has 2 nitrogen and oxygen atoms in total. The SMILES string of the molecule is [O-][n+]1ccc(Cl)c2ccccc21. The topological polar surface area (TPSA) is 26.9 Å². The van der Waals surface area contributed by atoms with Gasteiger partial charge in [-0.25, -0.2) is 0 Å². The zero-order valence-electron chi connectivity index (χ0n) is 6.20. The van der Waals surface area contributed by atoms with Crippen LogP contribution in [0.15, 0.2) is 36.5 Å². The highest BCUT2D eigenvalue weighted by atomic mass is 35.5. The van der Waals surface area contributed by atoms with Gasteiger partial charge in [-0.05, 0) is 6.07 Å². The van der Waals surface area contributed by atoms with Crippen LogP contribution in [0, 0.1) is 5.21 Å². The number of hydrogen-bond acceptors (Lipinski definition) is 1. The van der Waals surface area contributed by atoms with Crippen LogP contribution in [0.2, 0.25) is 5.02 Å². The fraction of sp³-hybridized carbons (Fsp3) is 0. The van der Waals surface area contributed by atoms with Gasteiger partial charge in [-0.2, -0.15) is 4.73 Å². The fourth-order valence-corrected chi connectivity index (χ4v) is 1.39. The number of pyridine rings is 1. The Kier molecular flexibility index (Phi) is 1.62. The van der Waals surface area contributed by atoms with Crippen LogP contribution >= 0.6 is 11.6 Å². The molecule has 2 aromatic rings. The van der Waals surface area contributed by atoms with E-state index >= 15 is 0 Å². The summed E-state index contributed by atoms with van der Waals surface area (Å²) < 4.78 is 0.807. The number of hydrogen-bond donors (Lipinski definition) is 0. The van der Waals surface area contributed by atoms with Gasteiger partial charge in [0.25, 0.3) is 0 Å². The van der Waals surface area contributed by atoms with Crippen molar-refractivity contribution in [1.82, 2.24) is 0 Å². The van der Waals surface area contributed by atoms with E-state index in [-0.39, 0.29) is 0 Å². The summed E-state index contributed by atoms with van der Waals surface area (Å²) in [6.07, 6.45) is 1.41. The molecule has 0 aliphatic carbocycles. The Hall–Kier alpha value is -1.28. The van der Waals surface area contributed by atoms with E-state index in [0.717, 1.165) is 10.1 Å². The second-order valence-electron chi connectivity index (χ2n) is 2.51. The van der Waals surface area contributed by atoms with Crippen molar-refractivity contribution in [3.63, 3.8) is 0 Å². The van der Waals surface area contributed by atoms with Crippen molar-refractivity contribution >= 4 is 22.5 Å². The molecule has 3 heteroatoms. The molecular formula is C9H6ClNO. The van der Waals surface area contributed by atoms with E-state index in [9.17, 15) is 5.21 Å². The normalized spacial score (nSPS) is 10.4. The highest BCUT2D eigenvalue weighted by molar-refractivity contribution is 6.35. The quantitative estimate of drug-likeness (QED) is 0.450. The summed E-state index contributed by atoms with van der Waals surface area (Å²) in [6, 6.07) is 8.83. The molecule has 0 radical (unpaired) electrons. The molecule has 0 fully saturated rings. The molecule has 0 aliphatic heterocycles. The van der Waals surface area contributed by atoms with Crippen molar-refractivity contribution in [1.29, 1.82) is 0 Å². The third-order valence-corrected chi connectivity index (χ3v) is 2.08. The molecule has 0 saturated heterocycles. The highest BCUT2D eigenvalue weighted by Crippen LogP contribution is 2.18. The van der Waals surface area contributed by atoms with Crippen LogP contribution in [-0.2, 0) is 0 Å². The molecule has 0 N–H and O–H groups in total. The first kappa shape index (κ1) is 7.37. The van der Waals surface area contributed by atoms with Crippen LogP contribution in [0.5, 0.6) is 0 Å². The van der Waals surface area contributed by atoms with Gasteiger partial charge in [-0.15, -0.1) is 0 Å². The second-order valence-corrected chi connectivity index (χ2v) is 2.91. The maximum atomic E-state index is 11.2. The minimum Gasteiger partial charge on any atom is -0.618 e. The van der Waals surface area contributed by atoms with E-state index in [1.54, 1.807) is 12.1 Å². The molecule has 1 aromatic heterocycles. The Morgan fingerprint density at radius 3 is 2.67 bits per heavy atom. The highest BCUT2D eigenvalue weighted by Gasteiger charge is 2.04. The smallest absolute Gasteiger partial charge is 0.225 e. The summed E-state index contributed by atoms with van der Waals surface area (Å²) in [5.41, 5.74) is 0.602. The molecule has 0 atom stereocenters. The van der Waals surface area contributed by atoms with E-state index in [4.69, 9.17) is 11.6 Å². The average Bonchev–Trinajstić information content (AvgIpc) is 2.12. The second kappa shape index (κ2) is 2.64. The number of aromatic nitrogens is 1. The number of nitrogens with zero attached hydrogens (tertiary/aromatic N) is 1. The van der Waals surface area contributed by atoms with Crippen LogP contribution in [0.3, 0.4) is 0 Å². The first-order valence-corrected chi connectivity index (χ1v) is 3.93. The molecule has 2 rings (SSSR count). The van der Waals surface area contributed by atoms with Gasteiger partial charge in [-0.1, -0.05) is 23.7 Å². The Labute approximate surface area is 74.6 Å². The third-order valence-electron chi connectivity index (χ3n) is 1.76. The van der Waals surface area contributed by atoms with E-state index in [0.29, 0.717) is 10.5 Å². The molecular weight excluding hydrogens is 174 g/mol. The van der Waals surface area contributed by atoms with Gasteiger partial charge in [0.1, 0.15) is 0 Å². The van der Waals surface area contributed by atoms with Crippen molar-refractivity contribution in [2.24, 2.45) is 0 Å². The lowest BCUT2D eigenvalue weighted by molar-refractivity contribution is -0.577. The first-order chi connectivity index (χ1) is 5.79. The molecule has 0 spiro atoms. The lowest BCUT2D eigenvalue weighted by Gasteiger charge is -2.01. The number of para-hydroxylation sites is 1. The zero-order valence-corrected chi connectivity index (χ0v) is 6.95. The van der Waals surface area contributed by atoms with Crippen LogP contribution in [0.1, 0.15) is 0 Å². The first-order valence-electron chi connectivity index (χ1n) is 3.55. The van der Waals surface area contributed by atoms with Crippen molar-refractivity contribution in [2.75, 3.05) is 0 Å². The van der Waals surface area contributed by atoms with Crippen LogP contribution < -0.4 is 4.73 Å². The summed E-state index contributed by atoms with van der Waals surface area (Å²) in [5, 5.41) is 12.6. The van der Waals surface area contributed by atoms with Gasteiger partial charge in [0.2, 0.25) is 5.52 Å². The number of halogens is 1. The molecule has 0 unspecified atom stereocenters. The summed E-state index contributed by atoms with van der Waals surface area (Å²) in [4.78, 5) is 0. The van der Waals surface area contributed by atoms with Crippen molar-refractivity contribution < 1.29 is 4.73 Å². The zero-order chi connectivity index (χ0) is 8.55. The van der Waals surface area contributed by atoms with E-state index in [1.165, 1.54) is 6.20 Å². The largest absolute Gasteiger partial charge is 0.618 e. The van der Waals surface area contributed by atoms with E-state index in [2.05, 4.69) is 0 Å². The van der Waals surface area contributed by atoms with Crippen molar-refractivity contribution in [3.05, 3.63) is 46.8 Å². The minimum absolute atomic E-state index is 0.602. The standard InChI is InChI=1S/C9H6ClNO/c10-8-5-6-11(12)9-4-2-1-3-7(8)9/h1-6H. The van der Waals surface area contributed by atoms with Crippen molar-refractivity contribution in [2.45, 2.75) is 0 Å². The molecule has 1 aromatic carbocycles. The Balaban J connectivity index is 2.95. The molecule has 0 saturated carbocycles. The van der Waals surface area contributed by atoms with Crippen LogP contribution in [0.25, 0.3) is 10.9 Å². The summed E-state index contributed by atoms with van der Waals surface area (Å²) in [7, 11) is 0. The maximum absolute atomic E-state index is 11.2. The summed E-state index contributed by atoms with van der Waals surface area (Å²) in [5.74, 6) is 0. The van der Waals surface area contributed by atoms with Gasteiger partial charge < -0.3 is 5.21 Å². The van der Waals surface area contributed by atoms with Gasteiger partial charge in [-0.3, -0.25) is 0 Å². The van der Waals surface area contributed by atoms with Crippen LogP contribution in [-0.4, -0.2) is 0 Å². The molecule has 60 valence electrons. The van der Waals surface area contributed by atoms with Gasteiger partial charge in [0, 0.05) is 12.1 Å². The lowest BCUT2D eigenvalue weighted by Crippen LogP contribution is -2.25. The monoisotopic (exact) mass is 179 g/mol. The van der Waals surface area contributed by atoms with Gasteiger partial charge in [0.05, 0.1) is 10.4 Å². The maximum Gasteiger partial charge on any atom is 0.225 e. The van der Waals surface area contributed by atoms with Gasteiger partial charge in [0.15, 0.2) is 6.20 Å². The number of benzene rings is 1. The number of rotatable bonds is 0. The van der Waals surface area contributed by atoms with Crippen molar-refractivity contribution in [3.8, 4) is 0 Å². The summed E-state index contributed by atoms with van der Waals surface area (Å²) >= 11 is 5.88. The van der Waals surface area contributed by atoms with E-state index in [1.807, 2.05) is 18.2 Å². The Morgan fingerprint density at radius 1 is 1.17 bits per heavy atom. The Bertz CT molecular complexity index is 387. The minimum atomic E-state index is 0.602. The fourth-order valence-electron chi connectivity index (χ4n) is 1.17. The van der Waals surface area contributed by atoms with Gasteiger partial charge >= 0.3 is 0 Å². The van der Waals surface area contributed by atoms with E-state index < -0.39 is 0 Å². The Morgan fingerprint density at radius 2 is 1.92 bits per heavy atom.